The Kier molecular flexibility index (Phi) is 3.68. The first kappa shape index (κ1) is 13.4. The van der Waals surface area contributed by atoms with Crippen LogP contribution in [0.4, 0.5) is 0 Å². The zero-order chi connectivity index (χ0) is 13.3. The lowest BCUT2D eigenvalue weighted by Gasteiger charge is -2.12. The molecule has 1 aliphatic heterocycles. The summed E-state index contributed by atoms with van der Waals surface area (Å²) >= 11 is 0. The van der Waals surface area contributed by atoms with Crippen molar-refractivity contribution in [3.05, 3.63) is 22.8 Å². The van der Waals surface area contributed by atoms with E-state index in [2.05, 4.69) is 22.2 Å². The molecule has 0 aromatic carbocycles. The van der Waals surface area contributed by atoms with E-state index in [9.17, 15) is 8.42 Å². The number of hydrogen-bond acceptors (Lipinski definition) is 5. The standard InChI is InChI=1S/C12H19N3O2S/c1-4-5-10-9-6-13-7-11(9)15-12(14-10)8(2)18(3,16)17/h8,13H,4-7H2,1-3H3. The molecule has 0 radical (unpaired) electrons. The molecule has 0 saturated carbocycles. The molecule has 0 bridgehead atoms. The molecule has 5 nitrogen and oxygen atoms in total. The fourth-order valence-corrected chi connectivity index (χ4v) is 2.56. The van der Waals surface area contributed by atoms with Crippen LogP contribution in [0.25, 0.3) is 0 Å². The van der Waals surface area contributed by atoms with Gasteiger partial charge in [0.05, 0.1) is 5.69 Å². The van der Waals surface area contributed by atoms with Gasteiger partial charge in [0.15, 0.2) is 9.84 Å². The topological polar surface area (TPSA) is 72.0 Å². The molecule has 0 aliphatic carbocycles. The van der Waals surface area contributed by atoms with Gasteiger partial charge in [0.2, 0.25) is 0 Å². The van der Waals surface area contributed by atoms with Gasteiger partial charge < -0.3 is 5.32 Å². The smallest absolute Gasteiger partial charge is 0.157 e. The highest BCUT2D eigenvalue weighted by molar-refractivity contribution is 7.90. The molecule has 18 heavy (non-hydrogen) atoms. The molecule has 0 saturated heterocycles. The molecule has 1 aromatic heterocycles. The van der Waals surface area contributed by atoms with Gasteiger partial charge in [0.1, 0.15) is 11.1 Å². The molecule has 0 fully saturated rings. The van der Waals surface area contributed by atoms with Crippen LogP contribution < -0.4 is 5.32 Å². The lowest BCUT2D eigenvalue weighted by Crippen LogP contribution is -2.14. The first-order chi connectivity index (χ1) is 8.43. The molecule has 6 heteroatoms. The molecule has 0 amide bonds. The molecule has 2 heterocycles. The number of aromatic nitrogens is 2. The highest BCUT2D eigenvalue weighted by Gasteiger charge is 2.25. The first-order valence-corrected chi connectivity index (χ1v) is 8.17. The van der Waals surface area contributed by atoms with E-state index in [1.807, 2.05) is 0 Å². The lowest BCUT2D eigenvalue weighted by atomic mass is 10.1. The van der Waals surface area contributed by atoms with Gasteiger partial charge in [-0.05, 0) is 13.3 Å². The number of nitrogens with one attached hydrogen (secondary N) is 1. The van der Waals surface area contributed by atoms with Crippen molar-refractivity contribution in [3.8, 4) is 0 Å². The van der Waals surface area contributed by atoms with Gasteiger partial charge in [-0.2, -0.15) is 0 Å². The van der Waals surface area contributed by atoms with E-state index >= 15 is 0 Å². The van der Waals surface area contributed by atoms with Crippen molar-refractivity contribution >= 4 is 9.84 Å². The van der Waals surface area contributed by atoms with Gasteiger partial charge in [0, 0.05) is 30.6 Å². The van der Waals surface area contributed by atoms with Crippen molar-refractivity contribution in [2.45, 2.75) is 45.0 Å². The van der Waals surface area contributed by atoms with Gasteiger partial charge in [-0.3, -0.25) is 0 Å². The summed E-state index contributed by atoms with van der Waals surface area (Å²) in [5.41, 5.74) is 3.11. The largest absolute Gasteiger partial charge is 0.307 e. The van der Waals surface area contributed by atoms with Crippen molar-refractivity contribution in [1.82, 2.24) is 15.3 Å². The van der Waals surface area contributed by atoms with Crippen LogP contribution in [-0.2, 0) is 29.3 Å². The summed E-state index contributed by atoms with van der Waals surface area (Å²) in [7, 11) is -3.15. The molecular formula is C12H19N3O2S. The third kappa shape index (κ3) is 2.54. The Labute approximate surface area is 108 Å². The molecular weight excluding hydrogens is 250 g/mol. The zero-order valence-corrected chi connectivity index (χ0v) is 11.8. The summed E-state index contributed by atoms with van der Waals surface area (Å²) in [5, 5.41) is 2.60. The zero-order valence-electron chi connectivity index (χ0n) is 11.0. The molecule has 0 spiro atoms. The Balaban J connectivity index is 2.48. The number of fused-ring (bicyclic) bond motifs is 1. The van der Waals surface area contributed by atoms with Crippen molar-refractivity contribution in [2.75, 3.05) is 6.26 Å². The van der Waals surface area contributed by atoms with Crippen LogP contribution in [0, 0.1) is 0 Å². The third-order valence-corrected chi connectivity index (χ3v) is 4.78. The van der Waals surface area contributed by atoms with Crippen molar-refractivity contribution < 1.29 is 8.42 Å². The van der Waals surface area contributed by atoms with E-state index in [1.54, 1.807) is 6.92 Å². The van der Waals surface area contributed by atoms with Crippen LogP contribution in [0.2, 0.25) is 0 Å². The van der Waals surface area contributed by atoms with Crippen molar-refractivity contribution in [2.24, 2.45) is 0 Å². The number of sulfone groups is 1. The van der Waals surface area contributed by atoms with Gasteiger partial charge in [-0.25, -0.2) is 18.4 Å². The fourth-order valence-electron chi connectivity index (χ4n) is 2.08. The minimum atomic E-state index is -3.15. The molecule has 100 valence electrons. The predicted molar refractivity (Wildman–Crippen MR) is 69.8 cm³/mol. The Hall–Kier alpha value is -1.01. The normalized spacial score (nSPS) is 16.6. The lowest BCUT2D eigenvalue weighted by molar-refractivity contribution is 0.588. The first-order valence-electron chi connectivity index (χ1n) is 6.21. The van der Waals surface area contributed by atoms with Crippen molar-refractivity contribution in [3.63, 3.8) is 0 Å². The highest BCUT2D eigenvalue weighted by atomic mass is 32.2. The fraction of sp³-hybridized carbons (Fsp3) is 0.667. The van der Waals surface area contributed by atoms with Gasteiger partial charge in [0.25, 0.3) is 0 Å². The van der Waals surface area contributed by atoms with Crippen LogP contribution in [0.15, 0.2) is 0 Å². The molecule has 1 aromatic rings. The minimum Gasteiger partial charge on any atom is -0.307 e. The Morgan fingerprint density at radius 1 is 1.33 bits per heavy atom. The third-order valence-electron chi connectivity index (χ3n) is 3.28. The number of nitrogens with zero attached hydrogens (tertiary/aromatic N) is 2. The van der Waals surface area contributed by atoms with E-state index in [0.717, 1.165) is 36.3 Å². The van der Waals surface area contributed by atoms with Crippen LogP contribution >= 0.6 is 0 Å². The predicted octanol–water partition coefficient (Wildman–Crippen LogP) is 1.14. The van der Waals surface area contributed by atoms with E-state index < -0.39 is 15.1 Å². The monoisotopic (exact) mass is 269 g/mol. The van der Waals surface area contributed by atoms with Crippen LogP contribution in [-0.4, -0.2) is 24.6 Å². The highest BCUT2D eigenvalue weighted by Crippen LogP contribution is 2.23. The summed E-state index contributed by atoms with van der Waals surface area (Å²) in [4.78, 5) is 8.88. The van der Waals surface area contributed by atoms with Crippen LogP contribution in [0.1, 0.15) is 48.3 Å². The molecule has 1 atom stereocenters. The van der Waals surface area contributed by atoms with E-state index in [-0.39, 0.29) is 0 Å². The summed E-state index contributed by atoms with van der Waals surface area (Å²) < 4.78 is 23.2. The Morgan fingerprint density at radius 2 is 2.06 bits per heavy atom. The van der Waals surface area contributed by atoms with Gasteiger partial charge in [-0.15, -0.1) is 0 Å². The van der Waals surface area contributed by atoms with Crippen LogP contribution in [0.5, 0.6) is 0 Å². The second-order valence-corrected chi connectivity index (χ2v) is 7.15. The SMILES string of the molecule is CCCc1nc(C(C)S(C)(=O)=O)nc2c1CNC2. The maximum atomic E-state index is 11.6. The van der Waals surface area contributed by atoms with E-state index in [4.69, 9.17) is 0 Å². The molecule has 2 rings (SSSR count). The molecule has 1 aliphatic rings. The van der Waals surface area contributed by atoms with E-state index in [1.165, 1.54) is 6.26 Å². The average molecular weight is 269 g/mol. The summed E-state index contributed by atoms with van der Waals surface area (Å²) in [6.45, 7) is 5.24. The average Bonchev–Trinajstić information content (AvgIpc) is 2.75. The quantitative estimate of drug-likeness (QED) is 0.887. The second kappa shape index (κ2) is 4.93. The van der Waals surface area contributed by atoms with Crippen molar-refractivity contribution in [1.29, 1.82) is 0 Å². The number of hydrogen-bond donors (Lipinski definition) is 1. The number of aryl methyl sites for hydroxylation is 1. The van der Waals surface area contributed by atoms with Gasteiger partial charge in [-0.1, -0.05) is 13.3 Å². The maximum Gasteiger partial charge on any atom is 0.157 e. The Bertz CT molecular complexity index is 555. The minimum absolute atomic E-state index is 0.434. The summed E-state index contributed by atoms with van der Waals surface area (Å²) in [5.74, 6) is 0.434. The molecule has 1 N–H and O–H groups in total. The maximum absolute atomic E-state index is 11.6. The summed E-state index contributed by atoms with van der Waals surface area (Å²) in [6, 6.07) is 0. The Morgan fingerprint density at radius 3 is 2.67 bits per heavy atom. The van der Waals surface area contributed by atoms with E-state index in [0.29, 0.717) is 12.4 Å². The molecule has 1 unspecified atom stereocenters. The number of rotatable bonds is 4. The summed E-state index contributed by atoms with van der Waals surface area (Å²) in [6.07, 6.45) is 3.10. The van der Waals surface area contributed by atoms with Crippen LogP contribution in [0.3, 0.4) is 0 Å². The second-order valence-electron chi connectivity index (χ2n) is 4.78. The van der Waals surface area contributed by atoms with Gasteiger partial charge >= 0.3 is 0 Å².